The SMILES string of the molecule is CC(C)C[C@@H](NC(=O)C(C)(N)C(F)(F)F)C(=O)O. The molecular weight excluding hydrogens is 253 g/mol. The van der Waals surface area contributed by atoms with Gasteiger partial charge in [-0.15, -0.1) is 0 Å². The minimum absolute atomic E-state index is 0.0228. The summed E-state index contributed by atoms with van der Waals surface area (Å²) in [6.45, 7) is 3.87. The normalized spacial score (nSPS) is 17.1. The van der Waals surface area contributed by atoms with Crippen LogP contribution < -0.4 is 11.1 Å². The lowest BCUT2D eigenvalue weighted by atomic mass is 9.99. The summed E-state index contributed by atoms with van der Waals surface area (Å²) in [5, 5.41) is 10.6. The van der Waals surface area contributed by atoms with Crippen molar-refractivity contribution in [1.29, 1.82) is 0 Å². The number of hydrogen-bond acceptors (Lipinski definition) is 3. The third-order valence-corrected chi connectivity index (χ3v) is 2.37. The van der Waals surface area contributed by atoms with Crippen LogP contribution in [-0.4, -0.2) is 34.7 Å². The lowest BCUT2D eigenvalue weighted by Crippen LogP contribution is -2.63. The molecule has 1 unspecified atom stereocenters. The van der Waals surface area contributed by atoms with E-state index >= 15 is 0 Å². The monoisotopic (exact) mass is 270 g/mol. The first-order chi connectivity index (χ1) is 7.89. The van der Waals surface area contributed by atoms with Gasteiger partial charge < -0.3 is 16.2 Å². The number of hydrogen-bond donors (Lipinski definition) is 3. The quantitative estimate of drug-likeness (QED) is 0.691. The van der Waals surface area contributed by atoms with E-state index < -0.39 is 29.6 Å². The number of rotatable bonds is 5. The zero-order valence-corrected chi connectivity index (χ0v) is 10.3. The van der Waals surface area contributed by atoms with Crippen molar-refractivity contribution in [3.63, 3.8) is 0 Å². The molecule has 0 bridgehead atoms. The van der Waals surface area contributed by atoms with Crippen molar-refractivity contribution < 1.29 is 27.9 Å². The van der Waals surface area contributed by atoms with Crippen LogP contribution in [0.25, 0.3) is 0 Å². The molecule has 0 fully saturated rings. The van der Waals surface area contributed by atoms with Gasteiger partial charge in [-0.3, -0.25) is 4.79 Å². The first-order valence-electron chi connectivity index (χ1n) is 5.29. The van der Waals surface area contributed by atoms with E-state index in [-0.39, 0.29) is 12.3 Å². The van der Waals surface area contributed by atoms with Gasteiger partial charge in [-0.25, -0.2) is 4.79 Å². The second-order valence-corrected chi connectivity index (χ2v) is 4.69. The number of amides is 1. The number of carbonyl (C=O) groups excluding carboxylic acids is 1. The predicted octanol–water partition coefficient (Wildman–Crippen LogP) is 0.882. The molecule has 0 aliphatic carbocycles. The Morgan fingerprint density at radius 2 is 1.78 bits per heavy atom. The van der Waals surface area contributed by atoms with Gasteiger partial charge in [0.15, 0.2) is 5.54 Å². The molecule has 1 amide bonds. The minimum Gasteiger partial charge on any atom is -0.480 e. The van der Waals surface area contributed by atoms with Gasteiger partial charge in [0.2, 0.25) is 5.91 Å². The highest BCUT2D eigenvalue weighted by Gasteiger charge is 2.54. The number of nitrogens with one attached hydrogen (secondary N) is 1. The van der Waals surface area contributed by atoms with Crippen molar-refractivity contribution in [1.82, 2.24) is 5.32 Å². The Hall–Kier alpha value is -1.31. The summed E-state index contributed by atoms with van der Waals surface area (Å²) in [6.07, 6.45) is -4.92. The van der Waals surface area contributed by atoms with Crippen molar-refractivity contribution >= 4 is 11.9 Å². The summed E-state index contributed by atoms with van der Waals surface area (Å²) < 4.78 is 37.4. The zero-order chi connectivity index (χ0) is 14.7. The molecule has 4 N–H and O–H groups in total. The van der Waals surface area contributed by atoms with E-state index in [1.165, 1.54) is 0 Å². The van der Waals surface area contributed by atoms with E-state index in [1.54, 1.807) is 13.8 Å². The number of nitrogens with two attached hydrogens (primary N) is 1. The van der Waals surface area contributed by atoms with Crippen LogP contribution in [0, 0.1) is 5.92 Å². The van der Waals surface area contributed by atoms with E-state index in [4.69, 9.17) is 10.8 Å². The zero-order valence-electron chi connectivity index (χ0n) is 10.3. The van der Waals surface area contributed by atoms with Crippen molar-refractivity contribution in [3.8, 4) is 0 Å². The Labute approximate surface area is 103 Å². The van der Waals surface area contributed by atoms with Crippen LogP contribution in [0.3, 0.4) is 0 Å². The maximum atomic E-state index is 12.5. The van der Waals surface area contributed by atoms with Gasteiger partial charge in [0, 0.05) is 0 Å². The Morgan fingerprint density at radius 1 is 1.33 bits per heavy atom. The van der Waals surface area contributed by atoms with E-state index in [0.29, 0.717) is 6.92 Å². The molecule has 18 heavy (non-hydrogen) atoms. The Kier molecular flexibility index (Phi) is 5.15. The molecule has 0 aromatic rings. The molecule has 0 radical (unpaired) electrons. The maximum Gasteiger partial charge on any atom is 0.415 e. The molecule has 0 aromatic heterocycles. The van der Waals surface area contributed by atoms with E-state index in [1.807, 2.05) is 5.32 Å². The number of carbonyl (C=O) groups is 2. The van der Waals surface area contributed by atoms with Gasteiger partial charge >= 0.3 is 12.1 Å². The molecule has 0 aliphatic heterocycles. The molecule has 0 aromatic carbocycles. The van der Waals surface area contributed by atoms with Crippen LogP contribution in [-0.2, 0) is 9.59 Å². The largest absolute Gasteiger partial charge is 0.480 e. The standard InChI is InChI=1S/C10H17F3N2O3/c1-5(2)4-6(7(16)17)15-8(18)9(3,14)10(11,12)13/h5-6H,4,14H2,1-3H3,(H,15,18)(H,16,17)/t6-,9?/m1/s1. The number of carboxylic acid groups (broad SMARTS) is 1. The van der Waals surface area contributed by atoms with Crippen LogP contribution in [0.15, 0.2) is 0 Å². The van der Waals surface area contributed by atoms with Gasteiger partial charge in [0.25, 0.3) is 0 Å². The second kappa shape index (κ2) is 5.55. The van der Waals surface area contributed by atoms with Crippen LogP contribution in [0.4, 0.5) is 13.2 Å². The number of aliphatic carboxylic acids is 1. The average Bonchev–Trinajstić information content (AvgIpc) is 2.13. The summed E-state index contributed by atoms with van der Waals surface area (Å²) in [5.74, 6) is -3.04. The van der Waals surface area contributed by atoms with Crippen molar-refractivity contribution in [3.05, 3.63) is 0 Å². The first-order valence-corrected chi connectivity index (χ1v) is 5.29. The summed E-state index contributed by atoms with van der Waals surface area (Å²) in [4.78, 5) is 22.2. The molecule has 8 heteroatoms. The molecule has 5 nitrogen and oxygen atoms in total. The smallest absolute Gasteiger partial charge is 0.415 e. The summed E-state index contributed by atoms with van der Waals surface area (Å²) in [5.41, 5.74) is 1.77. The number of carboxylic acids is 1. The maximum absolute atomic E-state index is 12.5. The highest BCUT2D eigenvalue weighted by molar-refractivity contribution is 5.90. The Bertz CT molecular complexity index is 327. The van der Waals surface area contributed by atoms with Crippen molar-refractivity contribution in [2.24, 2.45) is 11.7 Å². The van der Waals surface area contributed by atoms with Gasteiger partial charge in [-0.1, -0.05) is 13.8 Å². The van der Waals surface area contributed by atoms with E-state index in [2.05, 4.69) is 0 Å². The minimum atomic E-state index is -4.95. The fourth-order valence-corrected chi connectivity index (χ4v) is 1.13. The highest BCUT2D eigenvalue weighted by atomic mass is 19.4. The summed E-state index contributed by atoms with van der Waals surface area (Å²) >= 11 is 0. The first kappa shape index (κ1) is 16.7. The van der Waals surface area contributed by atoms with Crippen LogP contribution >= 0.6 is 0 Å². The number of alkyl halides is 3. The fourth-order valence-electron chi connectivity index (χ4n) is 1.13. The average molecular weight is 270 g/mol. The lowest BCUT2D eigenvalue weighted by Gasteiger charge is -2.28. The third-order valence-electron chi connectivity index (χ3n) is 2.37. The van der Waals surface area contributed by atoms with Gasteiger partial charge in [0.05, 0.1) is 0 Å². The molecule has 0 spiro atoms. The third kappa shape index (κ3) is 4.17. The second-order valence-electron chi connectivity index (χ2n) is 4.69. The molecule has 0 rings (SSSR count). The molecule has 106 valence electrons. The number of halogens is 3. The van der Waals surface area contributed by atoms with Gasteiger partial charge in [-0.2, -0.15) is 13.2 Å². The summed E-state index contributed by atoms with van der Waals surface area (Å²) in [6, 6.07) is -1.39. The fraction of sp³-hybridized carbons (Fsp3) is 0.800. The van der Waals surface area contributed by atoms with Gasteiger partial charge in [0.1, 0.15) is 6.04 Å². The van der Waals surface area contributed by atoms with Crippen LogP contribution in [0.2, 0.25) is 0 Å². The topological polar surface area (TPSA) is 92.4 Å². The van der Waals surface area contributed by atoms with Crippen LogP contribution in [0.1, 0.15) is 27.2 Å². The van der Waals surface area contributed by atoms with Crippen molar-refractivity contribution in [2.45, 2.75) is 44.9 Å². The van der Waals surface area contributed by atoms with Gasteiger partial charge in [-0.05, 0) is 19.3 Å². The van der Waals surface area contributed by atoms with Crippen LogP contribution in [0.5, 0.6) is 0 Å². The predicted molar refractivity (Wildman–Crippen MR) is 57.7 cm³/mol. The lowest BCUT2D eigenvalue weighted by molar-refractivity contribution is -0.188. The van der Waals surface area contributed by atoms with E-state index in [9.17, 15) is 22.8 Å². The molecule has 0 aliphatic rings. The highest BCUT2D eigenvalue weighted by Crippen LogP contribution is 2.28. The van der Waals surface area contributed by atoms with E-state index in [0.717, 1.165) is 0 Å². The summed E-state index contributed by atoms with van der Waals surface area (Å²) in [7, 11) is 0. The molecule has 0 heterocycles. The van der Waals surface area contributed by atoms with Crippen molar-refractivity contribution in [2.75, 3.05) is 0 Å². The molecule has 2 atom stereocenters. The Morgan fingerprint density at radius 3 is 2.06 bits per heavy atom. The Balaban J connectivity index is 4.86. The molecular formula is C10H17F3N2O3. The molecule has 0 saturated heterocycles. The molecule has 0 saturated carbocycles.